The van der Waals surface area contributed by atoms with Gasteiger partial charge in [0.15, 0.2) is 6.04 Å². The second kappa shape index (κ2) is 4.70. The zero-order valence-electron chi connectivity index (χ0n) is 10.0. The van der Waals surface area contributed by atoms with E-state index in [2.05, 4.69) is 5.32 Å². The highest BCUT2D eigenvalue weighted by Crippen LogP contribution is 2.19. The number of hydrogen-bond acceptors (Lipinski definition) is 3. The molecule has 6 heteroatoms. The number of imide groups is 1. The number of carbonyl (C=O) groups excluding carboxylic acids is 2. The van der Waals surface area contributed by atoms with Crippen molar-refractivity contribution in [3.8, 4) is 0 Å². The zero-order valence-corrected chi connectivity index (χ0v) is 10.9. The van der Waals surface area contributed by atoms with Gasteiger partial charge in [-0.2, -0.15) is 0 Å². The van der Waals surface area contributed by atoms with Crippen molar-refractivity contribution in [1.82, 2.24) is 9.80 Å². The van der Waals surface area contributed by atoms with Crippen molar-refractivity contribution in [3.63, 3.8) is 0 Å². The van der Waals surface area contributed by atoms with Crippen molar-refractivity contribution in [2.75, 3.05) is 26.2 Å². The van der Waals surface area contributed by atoms with E-state index in [4.69, 9.17) is 0 Å². The Balaban J connectivity index is 1.68. The molecule has 1 aromatic rings. The number of hydrogen-bond donors (Lipinski definition) is 1. The minimum atomic E-state index is -0.227. The van der Waals surface area contributed by atoms with Gasteiger partial charge in [0.1, 0.15) is 6.54 Å². The van der Waals surface area contributed by atoms with Crippen molar-refractivity contribution in [3.05, 3.63) is 22.4 Å². The molecule has 2 aliphatic rings. The van der Waals surface area contributed by atoms with Crippen LogP contribution >= 0.6 is 11.3 Å². The van der Waals surface area contributed by atoms with Crippen molar-refractivity contribution in [2.24, 2.45) is 0 Å². The van der Waals surface area contributed by atoms with Crippen LogP contribution in [0.5, 0.6) is 0 Å². The average molecular weight is 266 g/mol. The molecule has 2 aliphatic heterocycles. The van der Waals surface area contributed by atoms with E-state index < -0.39 is 0 Å². The van der Waals surface area contributed by atoms with Crippen LogP contribution in [-0.2, 0) is 11.2 Å². The van der Waals surface area contributed by atoms with E-state index in [1.54, 1.807) is 16.2 Å². The monoisotopic (exact) mass is 266 g/mol. The van der Waals surface area contributed by atoms with Crippen LogP contribution in [0.3, 0.4) is 0 Å². The number of amides is 3. The van der Waals surface area contributed by atoms with Crippen LogP contribution in [0.25, 0.3) is 0 Å². The summed E-state index contributed by atoms with van der Waals surface area (Å²) in [6.07, 6.45) is 0.763. The third-order valence-corrected chi connectivity index (χ3v) is 4.47. The Morgan fingerprint density at radius 3 is 3.06 bits per heavy atom. The van der Waals surface area contributed by atoms with Gasteiger partial charge in [-0.1, -0.05) is 6.07 Å². The predicted molar refractivity (Wildman–Crippen MR) is 67.3 cm³/mol. The Kier molecular flexibility index (Phi) is 3.05. The minimum Gasteiger partial charge on any atom is -0.343 e. The molecular weight excluding hydrogens is 250 g/mol. The van der Waals surface area contributed by atoms with E-state index in [1.165, 1.54) is 9.78 Å². The normalized spacial score (nSPS) is 23.7. The van der Waals surface area contributed by atoms with Crippen molar-refractivity contribution >= 4 is 23.3 Å². The lowest BCUT2D eigenvalue weighted by Gasteiger charge is -2.24. The Morgan fingerprint density at radius 2 is 2.33 bits per heavy atom. The van der Waals surface area contributed by atoms with Gasteiger partial charge in [-0.15, -0.1) is 11.3 Å². The fraction of sp³-hybridized carbons (Fsp3) is 0.500. The van der Waals surface area contributed by atoms with E-state index >= 15 is 0 Å². The molecule has 18 heavy (non-hydrogen) atoms. The molecule has 0 aliphatic carbocycles. The summed E-state index contributed by atoms with van der Waals surface area (Å²) in [5.41, 5.74) is 0. The Morgan fingerprint density at radius 1 is 1.44 bits per heavy atom. The molecule has 0 unspecified atom stereocenters. The smallest absolute Gasteiger partial charge is 0.327 e. The molecule has 2 N–H and O–H groups in total. The molecule has 2 fully saturated rings. The maximum atomic E-state index is 12.2. The van der Waals surface area contributed by atoms with Crippen molar-refractivity contribution in [2.45, 2.75) is 12.5 Å². The van der Waals surface area contributed by atoms with Gasteiger partial charge in [0.2, 0.25) is 0 Å². The summed E-state index contributed by atoms with van der Waals surface area (Å²) in [5, 5.41) is 4.12. The average Bonchev–Trinajstić information content (AvgIpc) is 2.98. The molecule has 5 nitrogen and oxygen atoms in total. The second-order valence-corrected chi connectivity index (χ2v) is 5.66. The van der Waals surface area contributed by atoms with Crippen LogP contribution in [-0.4, -0.2) is 54.0 Å². The summed E-state index contributed by atoms with van der Waals surface area (Å²) in [5.74, 6) is -0.0208. The molecular formula is C12H16N3O2S+. The molecule has 0 spiro atoms. The maximum absolute atomic E-state index is 12.2. The number of thiophene rings is 1. The summed E-state index contributed by atoms with van der Waals surface area (Å²) in [6.45, 7) is 2.80. The second-order valence-electron chi connectivity index (χ2n) is 4.62. The van der Waals surface area contributed by atoms with Crippen molar-refractivity contribution < 1.29 is 14.9 Å². The molecule has 3 amide bonds. The molecule has 96 valence electrons. The molecule has 2 saturated heterocycles. The summed E-state index contributed by atoms with van der Waals surface area (Å²) < 4.78 is 0. The van der Waals surface area contributed by atoms with Gasteiger partial charge in [-0.3, -0.25) is 9.69 Å². The van der Waals surface area contributed by atoms with Crippen LogP contribution in [0.2, 0.25) is 0 Å². The standard InChI is InChI=1S/C12H15N3O2S/c16-11-10-8-13-4-6-14(10)12(17)15(11)5-3-9-2-1-7-18-9/h1-2,7,10,13H,3-6,8H2/p+1/t10-/m1/s1. The lowest BCUT2D eigenvalue weighted by atomic mass is 10.2. The van der Waals surface area contributed by atoms with E-state index in [1.807, 2.05) is 17.5 Å². The molecule has 0 aromatic carbocycles. The van der Waals surface area contributed by atoms with Gasteiger partial charge in [-0.25, -0.2) is 4.79 Å². The van der Waals surface area contributed by atoms with Gasteiger partial charge in [-0.05, 0) is 17.9 Å². The molecule has 0 saturated carbocycles. The van der Waals surface area contributed by atoms with Crippen LogP contribution in [0.15, 0.2) is 17.5 Å². The summed E-state index contributed by atoms with van der Waals surface area (Å²) in [6, 6.07) is 3.70. The third kappa shape index (κ3) is 1.91. The fourth-order valence-electron chi connectivity index (χ4n) is 2.56. The number of piperazine rings is 1. The topological polar surface area (TPSA) is 57.2 Å². The first-order valence-electron chi connectivity index (χ1n) is 6.23. The number of quaternary nitrogens is 1. The highest BCUT2D eigenvalue weighted by atomic mass is 32.1. The highest BCUT2D eigenvalue weighted by molar-refractivity contribution is 7.09. The van der Waals surface area contributed by atoms with E-state index in [-0.39, 0.29) is 18.0 Å². The third-order valence-electron chi connectivity index (χ3n) is 3.53. The predicted octanol–water partition coefficient (Wildman–Crippen LogP) is -0.500. The fourth-order valence-corrected chi connectivity index (χ4v) is 3.26. The lowest BCUT2D eigenvalue weighted by Crippen LogP contribution is -2.91. The largest absolute Gasteiger partial charge is 0.343 e. The first-order chi connectivity index (χ1) is 8.77. The number of fused-ring (bicyclic) bond motifs is 1. The number of nitrogens with two attached hydrogens (primary N) is 1. The quantitative estimate of drug-likeness (QED) is 0.750. The van der Waals surface area contributed by atoms with Crippen LogP contribution < -0.4 is 5.32 Å². The lowest BCUT2D eigenvalue weighted by molar-refractivity contribution is -0.665. The molecule has 3 rings (SSSR count). The number of rotatable bonds is 3. The Hall–Kier alpha value is -1.40. The zero-order chi connectivity index (χ0) is 12.5. The summed E-state index contributed by atoms with van der Waals surface area (Å²) in [7, 11) is 0. The molecule has 1 atom stereocenters. The van der Waals surface area contributed by atoms with Gasteiger partial charge in [0.25, 0.3) is 5.91 Å². The van der Waals surface area contributed by atoms with E-state index in [9.17, 15) is 9.59 Å². The summed E-state index contributed by atoms with van der Waals surface area (Å²) in [4.78, 5) is 28.6. The minimum absolute atomic E-state index is 0.0208. The van der Waals surface area contributed by atoms with Crippen molar-refractivity contribution in [1.29, 1.82) is 0 Å². The van der Waals surface area contributed by atoms with Gasteiger partial charge in [0.05, 0.1) is 13.1 Å². The number of nitrogens with zero attached hydrogens (tertiary/aromatic N) is 2. The van der Waals surface area contributed by atoms with E-state index in [0.717, 1.165) is 13.0 Å². The molecule has 0 radical (unpaired) electrons. The summed E-state index contributed by atoms with van der Waals surface area (Å²) >= 11 is 1.67. The molecule has 0 bridgehead atoms. The first-order valence-corrected chi connectivity index (χ1v) is 7.11. The number of carbonyl (C=O) groups is 2. The Bertz CT molecular complexity index is 436. The molecule has 1 aromatic heterocycles. The van der Waals surface area contributed by atoms with E-state index in [0.29, 0.717) is 19.6 Å². The maximum Gasteiger partial charge on any atom is 0.327 e. The Labute approximate surface area is 109 Å². The van der Waals surface area contributed by atoms with Gasteiger partial charge >= 0.3 is 6.03 Å². The number of urea groups is 1. The first kappa shape index (κ1) is 11.7. The van der Waals surface area contributed by atoms with Crippen LogP contribution in [0, 0.1) is 0 Å². The van der Waals surface area contributed by atoms with Crippen LogP contribution in [0.4, 0.5) is 4.79 Å². The van der Waals surface area contributed by atoms with Crippen LogP contribution in [0.1, 0.15) is 4.88 Å². The highest BCUT2D eigenvalue weighted by Gasteiger charge is 2.47. The van der Waals surface area contributed by atoms with Gasteiger partial charge < -0.3 is 10.2 Å². The van der Waals surface area contributed by atoms with Gasteiger partial charge in [0, 0.05) is 11.4 Å². The SMILES string of the molecule is O=C1[C@H]2C[NH2+]CCN2C(=O)N1CCc1cccs1. The molecule has 3 heterocycles.